The second-order valence-corrected chi connectivity index (χ2v) is 6.76. The monoisotopic (exact) mass is 383 g/mol. The zero-order valence-electron chi connectivity index (χ0n) is 15.1. The first-order valence-corrected chi connectivity index (χ1v) is 9.64. The molecule has 140 valence electrons. The molecule has 1 aromatic heterocycles. The number of aromatic nitrogens is 1. The summed E-state index contributed by atoms with van der Waals surface area (Å²) in [4.78, 5) is 15.2. The van der Waals surface area contributed by atoms with Gasteiger partial charge in [-0.25, -0.2) is 4.98 Å². The molecule has 0 fully saturated rings. The molecule has 0 saturated carbocycles. The predicted octanol–water partition coefficient (Wildman–Crippen LogP) is 4.46. The molecule has 0 unspecified atom stereocenters. The lowest BCUT2D eigenvalue weighted by molar-refractivity contribution is -0.136. The topological polar surface area (TPSA) is 68.7 Å². The standard InChI is InChI=1S/C21H21NO4S/c1-2-15-7-9-17(10-8-15)25-11-12-26-19-6-4-3-5-18(19)21-22-16(14-27-21)13-20(23)24/h3-10,14H,2,11-13H2,1H3,(H,23,24). The highest BCUT2D eigenvalue weighted by Crippen LogP contribution is 2.32. The van der Waals surface area contributed by atoms with Crippen LogP contribution in [-0.4, -0.2) is 29.3 Å². The van der Waals surface area contributed by atoms with Crippen molar-refractivity contribution in [3.8, 4) is 22.1 Å². The molecule has 27 heavy (non-hydrogen) atoms. The fourth-order valence-electron chi connectivity index (χ4n) is 2.57. The molecule has 1 heterocycles. The lowest BCUT2D eigenvalue weighted by Crippen LogP contribution is -2.09. The van der Waals surface area contributed by atoms with Gasteiger partial charge in [0, 0.05) is 5.38 Å². The summed E-state index contributed by atoms with van der Waals surface area (Å²) in [5, 5.41) is 11.4. The van der Waals surface area contributed by atoms with E-state index in [9.17, 15) is 4.79 Å². The number of aryl methyl sites for hydroxylation is 1. The van der Waals surface area contributed by atoms with Gasteiger partial charge in [0.25, 0.3) is 0 Å². The van der Waals surface area contributed by atoms with Crippen LogP contribution >= 0.6 is 11.3 Å². The van der Waals surface area contributed by atoms with Gasteiger partial charge in [0.1, 0.15) is 29.7 Å². The van der Waals surface area contributed by atoms with E-state index < -0.39 is 5.97 Å². The van der Waals surface area contributed by atoms with Crippen molar-refractivity contribution in [2.75, 3.05) is 13.2 Å². The van der Waals surface area contributed by atoms with E-state index in [1.165, 1.54) is 16.9 Å². The van der Waals surface area contributed by atoms with Gasteiger partial charge in [0.05, 0.1) is 17.7 Å². The minimum absolute atomic E-state index is 0.0792. The second kappa shape index (κ2) is 9.19. The van der Waals surface area contributed by atoms with Crippen molar-refractivity contribution in [3.05, 3.63) is 65.2 Å². The number of hydrogen-bond acceptors (Lipinski definition) is 5. The van der Waals surface area contributed by atoms with E-state index in [-0.39, 0.29) is 6.42 Å². The minimum Gasteiger partial charge on any atom is -0.490 e. The third-order valence-electron chi connectivity index (χ3n) is 3.94. The molecule has 0 radical (unpaired) electrons. The number of carboxylic acids is 1. The van der Waals surface area contributed by atoms with Gasteiger partial charge in [-0.2, -0.15) is 0 Å². The molecule has 3 aromatic rings. The van der Waals surface area contributed by atoms with E-state index >= 15 is 0 Å². The van der Waals surface area contributed by atoms with E-state index in [1.807, 2.05) is 36.4 Å². The summed E-state index contributed by atoms with van der Waals surface area (Å²) < 4.78 is 11.6. The maximum atomic E-state index is 10.8. The highest BCUT2D eigenvalue weighted by molar-refractivity contribution is 7.13. The van der Waals surface area contributed by atoms with Crippen molar-refractivity contribution >= 4 is 17.3 Å². The molecular formula is C21H21NO4S. The number of benzene rings is 2. The molecule has 5 nitrogen and oxygen atoms in total. The maximum Gasteiger partial charge on any atom is 0.309 e. The molecular weight excluding hydrogens is 362 g/mol. The molecule has 0 aliphatic rings. The Morgan fingerprint density at radius 3 is 2.56 bits per heavy atom. The van der Waals surface area contributed by atoms with Crippen LogP contribution in [0.2, 0.25) is 0 Å². The zero-order chi connectivity index (χ0) is 19.1. The van der Waals surface area contributed by atoms with Gasteiger partial charge in [-0.3, -0.25) is 4.79 Å². The SMILES string of the molecule is CCc1ccc(OCCOc2ccccc2-c2nc(CC(=O)O)cs2)cc1. The number of rotatable bonds is 9. The Bertz CT molecular complexity index is 889. The number of para-hydroxylation sites is 1. The van der Waals surface area contributed by atoms with Crippen molar-refractivity contribution in [2.24, 2.45) is 0 Å². The number of carbonyl (C=O) groups is 1. The molecule has 0 aliphatic heterocycles. The van der Waals surface area contributed by atoms with Gasteiger partial charge in [-0.15, -0.1) is 11.3 Å². The fourth-order valence-corrected chi connectivity index (χ4v) is 3.42. The summed E-state index contributed by atoms with van der Waals surface area (Å²) in [6.45, 7) is 2.95. The number of hydrogen-bond donors (Lipinski definition) is 1. The van der Waals surface area contributed by atoms with Gasteiger partial charge in [0.15, 0.2) is 0 Å². The zero-order valence-corrected chi connectivity index (χ0v) is 15.9. The predicted molar refractivity (Wildman–Crippen MR) is 106 cm³/mol. The Morgan fingerprint density at radius 2 is 1.81 bits per heavy atom. The number of nitrogens with zero attached hydrogens (tertiary/aromatic N) is 1. The van der Waals surface area contributed by atoms with Crippen molar-refractivity contribution < 1.29 is 19.4 Å². The summed E-state index contributed by atoms with van der Waals surface area (Å²) in [6.07, 6.45) is 0.926. The van der Waals surface area contributed by atoms with Crippen LogP contribution in [0.5, 0.6) is 11.5 Å². The number of ether oxygens (including phenoxy) is 2. The van der Waals surface area contributed by atoms with Crippen LogP contribution in [0.1, 0.15) is 18.2 Å². The number of aliphatic carboxylic acids is 1. The lowest BCUT2D eigenvalue weighted by Gasteiger charge is -2.11. The van der Waals surface area contributed by atoms with Gasteiger partial charge in [-0.05, 0) is 36.2 Å². The Morgan fingerprint density at radius 1 is 1.07 bits per heavy atom. The average Bonchev–Trinajstić information content (AvgIpc) is 3.13. The van der Waals surface area contributed by atoms with Crippen LogP contribution in [0.15, 0.2) is 53.9 Å². The average molecular weight is 383 g/mol. The van der Waals surface area contributed by atoms with E-state index in [1.54, 1.807) is 5.38 Å². The summed E-state index contributed by atoms with van der Waals surface area (Å²) in [6, 6.07) is 15.7. The fraction of sp³-hybridized carbons (Fsp3) is 0.238. The molecule has 0 amide bonds. The van der Waals surface area contributed by atoms with Crippen LogP contribution < -0.4 is 9.47 Å². The summed E-state index contributed by atoms with van der Waals surface area (Å²) in [5.74, 6) is 0.640. The summed E-state index contributed by atoms with van der Waals surface area (Å²) in [7, 11) is 0. The van der Waals surface area contributed by atoms with E-state index in [2.05, 4.69) is 24.0 Å². The first-order chi connectivity index (χ1) is 13.2. The molecule has 2 aromatic carbocycles. The quantitative estimate of drug-likeness (QED) is 0.553. The van der Waals surface area contributed by atoms with Gasteiger partial charge < -0.3 is 14.6 Å². The third-order valence-corrected chi connectivity index (χ3v) is 4.87. The van der Waals surface area contributed by atoms with Crippen molar-refractivity contribution in [1.29, 1.82) is 0 Å². The van der Waals surface area contributed by atoms with Gasteiger partial charge in [-0.1, -0.05) is 31.2 Å². The van der Waals surface area contributed by atoms with Gasteiger partial charge in [0.2, 0.25) is 0 Å². The smallest absolute Gasteiger partial charge is 0.309 e. The Kier molecular flexibility index (Phi) is 6.44. The number of thiazole rings is 1. The maximum absolute atomic E-state index is 10.8. The van der Waals surface area contributed by atoms with Crippen LogP contribution in [0, 0.1) is 0 Å². The highest BCUT2D eigenvalue weighted by Gasteiger charge is 2.12. The van der Waals surface area contributed by atoms with Crippen LogP contribution in [0.4, 0.5) is 0 Å². The Balaban J connectivity index is 1.59. The Labute approximate surface area is 162 Å². The Hall–Kier alpha value is -2.86. The third kappa shape index (κ3) is 5.31. The highest BCUT2D eigenvalue weighted by atomic mass is 32.1. The normalized spacial score (nSPS) is 10.6. The van der Waals surface area contributed by atoms with Crippen LogP contribution in [0.3, 0.4) is 0 Å². The summed E-state index contributed by atoms with van der Waals surface area (Å²) in [5.41, 5.74) is 2.68. The first kappa shape index (κ1) is 18.9. The first-order valence-electron chi connectivity index (χ1n) is 8.76. The van der Waals surface area contributed by atoms with Crippen molar-refractivity contribution in [3.63, 3.8) is 0 Å². The van der Waals surface area contributed by atoms with Crippen molar-refractivity contribution in [2.45, 2.75) is 19.8 Å². The lowest BCUT2D eigenvalue weighted by atomic mass is 10.2. The molecule has 6 heteroatoms. The molecule has 3 rings (SSSR count). The minimum atomic E-state index is -0.888. The second-order valence-electron chi connectivity index (χ2n) is 5.91. The summed E-state index contributed by atoms with van der Waals surface area (Å²) >= 11 is 1.41. The number of carboxylic acid groups (broad SMARTS) is 1. The van der Waals surface area contributed by atoms with E-state index in [4.69, 9.17) is 14.6 Å². The van der Waals surface area contributed by atoms with Crippen LogP contribution in [0.25, 0.3) is 10.6 Å². The molecule has 0 saturated heterocycles. The molecule has 0 bridgehead atoms. The largest absolute Gasteiger partial charge is 0.490 e. The van der Waals surface area contributed by atoms with E-state index in [0.29, 0.717) is 24.7 Å². The molecule has 0 spiro atoms. The van der Waals surface area contributed by atoms with E-state index in [0.717, 1.165) is 22.7 Å². The van der Waals surface area contributed by atoms with Crippen molar-refractivity contribution in [1.82, 2.24) is 4.98 Å². The molecule has 0 atom stereocenters. The molecule has 1 N–H and O–H groups in total. The van der Waals surface area contributed by atoms with Crippen LogP contribution in [-0.2, 0) is 17.6 Å². The van der Waals surface area contributed by atoms with Gasteiger partial charge >= 0.3 is 5.97 Å². The molecule has 0 aliphatic carbocycles.